The Bertz CT molecular complexity index is 648. The van der Waals surface area contributed by atoms with Crippen LogP contribution in [0.2, 0.25) is 5.02 Å². The van der Waals surface area contributed by atoms with Gasteiger partial charge in [-0.2, -0.15) is 0 Å². The van der Waals surface area contributed by atoms with Gasteiger partial charge in [0.25, 0.3) is 0 Å². The Morgan fingerprint density at radius 3 is 2.84 bits per heavy atom. The number of hydrogen-bond donors (Lipinski definition) is 1. The highest BCUT2D eigenvalue weighted by molar-refractivity contribution is 7.80. The SMILES string of the molecule is NC(=S)c1ccc(-n2cnc3c2CCCC3)c(Cl)c1. The number of halogens is 1. The van der Waals surface area contributed by atoms with Crippen LogP contribution in [0.4, 0.5) is 0 Å². The molecule has 0 saturated heterocycles. The average molecular weight is 292 g/mol. The summed E-state index contributed by atoms with van der Waals surface area (Å²) in [4.78, 5) is 4.85. The highest BCUT2D eigenvalue weighted by Crippen LogP contribution is 2.27. The lowest BCUT2D eigenvalue weighted by molar-refractivity contribution is 0.656. The highest BCUT2D eigenvalue weighted by atomic mass is 35.5. The molecular formula is C14H14ClN3S. The molecule has 0 radical (unpaired) electrons. The summed E-state index contributed by atoms with van der Waals surface area (Å²) in [5, 5.41) is 0.649. The maximum Gasteiger partial charge on any atom is 0.104 e. The van der Waals surface area contributed by atoms with Gasteiger partial charge in [0.05, 0.1) is 22.7 Å². The Kier molecular flexibility index (Phi) is 3.29. The van der Waals surface area contributed by atoms with E-state index in [-0.39, 0.29) is 0 Å². The molecule has 0 saturated carbocycles. The maximum atomic E-state index is 6.34. The second kappa shape index (κ2) is 4.94. The van der Waals surface area contributed by atoms with Gasteiger partial charge in [0, 0.05) is 11.3 Å². The number of nitrogens with two attached hydrogens (primary N) is 1. The van der Waals surface area contributed by atoms with Crippen LogP contribution in [0.1, 0.15) is 29.8 Å². The predicted octanol–water partition coefficient (Wildman–Crippen LogP) is 3.04. The molecule has 1 heterocycles. The van der Waals surface area contributed by atoms with Gasteiger partial charge in [-0.25, -0.2) is 4.98 Å². The van der Waals surface area contributed by atoms with Gasteiger partial charge in [-0.3, -0.25) is 0 Å². The molecule has 0 spiro atoms. The lowest BCUT2D eigenvalue weighted by Gasteiger charge is -2.15. The van der Waals surface area contributed by atoms with Gasteiger partial charge in [-0.15, -0.1) is 0 Å². The molecule has 0 bridgehead atoms. The lowest BCUT2D eigenvalue weighted by Crippen LogP contribution is -2.10. The van der Waals surface area contributed by atoms with Crippen molar-refractivity contribution in [2.45, 2.75) is 25.7 Å². The first-order valence-corrected chi connectivity index (χ1v) is 7.10. The van der Waals surface area contributed by atoms with Crippen LogP contribution < -0.4 is 5.73 Å². The fourth-order valence-electron chi connectivity index (χ4n) is 2.53. The van der Waals surface area contributed by atoms with Gasteiger partial charge in [-0.1, -0.05) is 23.8 Å². The molecule has 0 unspecified atom stereocenters. The summed E-state index contributed by atoms with van der Waals surface area (Å²) >= 11 is 11.3. The summed E-state index contributed by atoms with van der Waals surface area (Å²) in [6.45, 7) is 0. The van der Waals surface area contributed by atoms with Crippen LogP contribution >= 0.6 is 23.8 Å². The topological polar surface area (TPSA) is 43.8 Å². The molecule has 0 aliphatic heterocycles. The number of imidazole rings is 1. The zero-order chi connectivity index (χ0) is 13.4. The summed E-state index contributed by atoms with van der Waals surface area (Å²) in [5.41, 5.74) is 9.82. The molecule has 0 amide bonds. The summed E-state index contributed by atoms with van der Waals surface area (Å²) in [6, 6.07) is 5.67. The first-order valence-electron chi connectivity index (χ1n) is 6.31. The molecule has 19 heavy (non-hydrogen) atoms. The van der Waals surface area contributed by atoms with Crippen molar-refractivity contribution in [3.8, 4) is 5.69 Å². The highest BCUT2D eigenvalue weighted by Gasteiger charge is 2.17. The van der Waals surface area contributed by atoms with Crippen LogP contribution in [0.25, 0.3) is 5.69 Å². The smallest absolute Gasteiger partial charge is 0.104 e. The van der Waals surface area contributed by atoms with Crippen molar-refractivity contribution in [2.75, 3.05) is 0 Å². The van der Waals surface area contributed by atoms with Crippen molar-refractivity contribution >= 4 is 28.8 Å². The summed E-state index contributed by atoms with van der Waals surface area (Å²) in [6.07, 6.45) is 6.41. The normalized spacial score (nSPS) is 14.2. The number of fused-ring (bicyclic) bond motifs is 1. The van der Waals surface area contributed by atoms with E-state index < -0.39 is 0 Å². The Morgan fingerprint density at radius 2 is 2.11 bits per heavy atom. The molecule has 3 nitrogen and oxygen atoms in total. The standard InChI is InChI=1S/C14H14ClN3S/c15-10-7-9(14(16)19)5-6-12(10)18-8-17-11-3-1-2-4-13(11)18/h5-8H,1-4H2,(H2,16,19). The van der Waals surface area contributed by atoms with Gasteiger partial charge in [0.1, 0.15) is 4.99 Å². The Labute approximate surface area is 122 Å². The van der Waals surface area contributed by atoms with Crippen LogP contribution in [0.15, 0.2) is 24.5 Å². The van der Waals surface area contributed by atoms with E-state index in [1.54, 1.807) is 0 Å². The molecule has 1 aromatic carbocycles. The molecule has 2 N–H and O–H groups in total. The fourth-order valence-corrected chi connectivity index (χ4v) is 2.93. The quantitative estimate of drug-likeness (QED) is 0.865. The minimum atomic E-state index is 0.362. The van der Waals surface area contributed by atoms with E-state index in [4.69, 9.17) is 29.6 Å². The second-order valence-electron chi connectivity index (χ2n) is 4.75. The lowest BCUT2D eigenvalue weighted by atomic mass is 10.0. The van der Waals surface area contributed by atoms with Crippen LogP contribution in [-0.2, 0) is 12.8 Å². The van der Waals surface area contributed by atoms with Gasteiger partial charge in [0.15, 0.2) is 0 Å². The minimum absolute atomic E-state index is 0.362. The maximum absolute atomic E-state index is 6.34. The fraction of sp³-hybridized carbons (Fsp3) is 0.286. The third-order valence-corrected chi connectivity index (χ3v) is 4.06. The van der Waals surface area contributed by atoms with Crippen molar-refractivity contribution in [3.63, 3.8) is 0 Å². The minimum Gasteiger partial charge on any atom is -0.389 e. The van der Waals surface area contributed by atoms with E-state index in [1.807, 2.05) is 24.5 Å². The van der Waals surface area contributed by atoms with Crippen molar-refractivity contribution in [1.82, 2.24) is 9.55 Å². The van der Waals surface area contributed by atoms with Gasteiger partial charge in [-0.05, 0) is 43.9 Å². The van der Waals surface area contributed by atoms with Crippen LogP contribution in [0.5, 0.6) is 0 Å². The molecule has 1 aromatic heterocycles. The van der Waals surface area contributed by atoms with Crippen molar-refractivity contribution < 1.29 is 0 Å². The number of rotatable bonds is 2. The number of benzene rings is 1. The monoisotopic (exact) mass is 291 g/mol. The largest absolute Gasteiger partial charge is 0.389 e. The molecule has 5 heteroatoms. The van der Waals surface area contributed by atoms with E-state index in [0.29, 0.717) is 10.0 Å². The predicted molar refractivity (Wildman–Crippen MR) is 81.1 cm³/mol. The van der Waals surface area contributed by atoms with Crippen molar-refractivity contribution in [1.29, 1.82) is 0 Å². The molecule has 0 atom stereocenters. The molecule has 2 aromatic rings. The van der Waals surface area contributed by atoms with Gasteiger partial charge in [0.2, 0.25) is 0 Å². The molecule has 1 aliphatic carbocycles. The van der Waals surface area contributed by atoms with Crippen LogP contribution in [-0.4, -0.2) is 14.5 Å². The number of nitrogens with zero attached hydrogens (tertiary/aromatic N) is 2. The summed E-state index contributed by atoms with van der Waals surface area (Å²) < 4.78 is 2.08. The van der Waals surface area contributed by atoms with Crippen LogP contribution in [0.3, 0.4) is 0 Å². The van der Waals surface area contributed by atoms with E-state index in [1.165, 1.54) is 24.2 Å². The van der Waals surface area contributed by atoms with Crippen LogP contribution in [0, 0.1) is 0 Å². The zero-order valence-electron chi connectivity index (χ0n) is 10.4. The summed E-state index contributed by atoms with van der Waals surface area (Å²) in [7, 11) is 0. The average Bonchev–Trinajstić information content (AvgIpc) is 2.82. The van der Waals surface area contributed by atoms with Crippen molar-refractivity contribution in [3.05, 3.63) is 46.5 Å². The number of hydrogen-bond acceptors (Lipinski definition) is 2. The second-order valence-corrected chi connectivity index (χ2v) is 5.59. The third-order valence-electron chi connectivity index (χ3n) is 3.52. The Balaban J connectivity index is 2.07. The van der Waals surface area contributed by atoms with E-state index in [9.17, 15) is 0 Å². The third kappa shape index (κ3) is 2.26. The summed E-state index contributed by atoms with van der Waals surface area (Å²) in [5.74, 6) is 0. The van der Waals surface area contributed by atoms with E-state index in [0.717, 1.165) is 24.1 Å². The molecule has 0 fully saturated rings. The molecular weight excluding hydrogens is 278 g/mol. The number of thiocarbonyl (C=S) groups is 1. The Morgan fingerprint density at radius 1 is 1.32 bits per heavy atom. The van der Waals surface area contributed by atoms with Gasteiger partial charge < -0.3 is 10.3 Å². The molecule has 98 valence electrons. The first kappa shape index (κ1) is 12.6. The zero-order valence-corrected chi connectivity index (χ0v) is 12.0. The van der Waals surface area contributed by atoms with E-state index in [2.05, 4.69) is 9.55 Å². The van der Waals surface area contributed by atoms with Crippen molar-refractivity contribution in [2.24, 2.45) is 5.73 Å². The van der Waals surface area contributed by atoms with Gasteiger partial charge >= 0.3 is 0 Å². The van der Waals surface area contributed by atoms with E-state index >= 15 is 0 Å². The Hall–Kier alpha value is -1.39. The molecule has 3 rings (SSSR count). The number of aryl methyl sites for hydroxylation is 1. The first-order chi connectivity index (χ1) is 9.16. The molecule has 1 aliphatic rings. The number of aromatic nitrogens is 2.